The first-order chi connectivity index (χ1) is 9.16. The van der Waals surface area contributed by atoms with Crippen LogP contribution in [0.1, 0.15) is 49.3 Å². The van der Waals surface area contributed by atoms with Gasteiger partial charge in [-0.05, 0) is 55.3 Å². The molecule has 0 bridgehead atoms. The molecule has 1 aromatic heterocycles. The molecule has 102 valence electrons. The van der Waals surface area contributed by atoms with E-state index in [0.717, 1.165) is 24.6 Å². The molecular formula is C17H23NO. The van der Waals surface area contributed by atoms with E-state index in [0.29, 0.717) is 5.92 Å². The maximum Gasteiger partial charge on any atom is 0.137 e. The Balaban J connectivity index is 1.91. The first-order valence-electron chi connectivity index (χ1n) is 7.39. The second-order valence-corrected chi connectivity index (χ2v) is 6.07. The highest BCUT2D eigenvalue weighted by Gasteiger charge is 2.20. The fourth-order valence-electron chi connectivity index (χ4n) is 2.74. The third-order valence-corrected chi connectivity index (χ3v) is 4.05. The Morgan fingerprint density at radius 2 is 2.11 bits per heavy atom. The molecule has 0 spiro atoms. The van der Waals surface area contributed by atoms with Crippen LogP contribution >= 0.6 is 0 Å². The Bertz CT molecular complexity index is 578. The highest BCUT2D eigenvalue weighted by atomic mass is 16.3. The first-order valence-corrected chi connectivity index (χ1v) is 7.39. The molecule has 1 fully saturated rings. The minimum absolute atomic E-state index is 0.538. The van der Waals surface area contributed by atoms with E-state index in [4.69, 9.17) is 4.42 Å². The fraction of sp³-hybridized carbons (Fsp3) is 0.529. The molecule has 0 saturated heterocycles. The number of rotatable bonds is 5. The quantitative estimate of drug-likeness (QED) is 0.870. The van der Waals surface area contributed by atoms with Gasteiger partial charge in [0.1, 0.15) is 5.58 Å². The summed E-state index contributed by atoms with van der Waals surface area (Å²) in [5, 5.41) is 4.94. The van der Waals surface area contributed by atoms with E-state index in [1.165, 1.54) is 34.9 Å². The van der Waals surface area contributed by atoms with E-state index in [-0.39, 0.29) is 0 Å². The number of nitrogens with one attached hydrogen (secondary N) is 1. The van der Waals surface area contributed by atoms with Crippen molar-refractivity contribution in [3.8, 4) is 0 Å². The van der Waals surface area contributed by atoms with Gasteiger partial charge >= 0.3 is 0 Å². The van der Waals surface area contributed by atoms with Gasteiger partial charge < -0.3 is 9.73 Å². The van der Waals surface area contributed by atoms with Gasteiger partial charge in [0, 0.05) is 11.4 Å². The Labute approximate surface area is 115 Å². The van der Waals surface area contributed by atoms with Gasteiger partial charge in [0.05, 0.1) is 6.26 Å². The molecule has 1 aliphatic carbocycles. The second kappa shape index (κ2) is 5.01. The average molecular weight is 257 g/mol. The smallest absolute Gasteiger partial charge is 0.137 e. The standard InChI is InChI=1S/C17H23NO/c1-11(2)15-7-4-12(3)17-16(15)13(10-19-17)8-9-18-14-5-6-14/h4,7,10-11,14,18H,5-6,8-9H2,1-3H3. The number of benzene rings is 1. The highest BCUT2D eigenvalue weighted by Crippen LogP contribution is 2.32. The zero-order chi connectivity index (χ0) is 13.4. The molecule has 2 heteroatoms. The van der Waals surface area contributed by atoms with Gasteiger partial charge in [-0.2, -0.15) is 0 Å². The second-order valence-electron chi connectivity index (χ2n) is 6.07. The van der Waals surface area contributed by atoms with Crippen molar-refractivity contribution in [3.63, 3.8) is 0 Å². The van der Waals surface area contributed by atoms with Crippen molar-refractivity contribution in [1.82, 2.24) is 5.32 Å². The van der Waals surface area contributed by atoms with Crippen LogP contribution in [-0.4, -0.2) is 12.6 Å². The summed E-state index contributed by atoms with van der Waals surface area (Å²) >= 11 is 0. The summed E-state index contributed by atoms with van der Waals surface area (Å²) in [7, 11) is 0. The minimum Gasteiger partial charge on any atom is -0.464 e. The first kappa shape index (κ1) is 12.7. The lowest BCUT2D eigenvalue weighted by Gasteiger charge is -2.10. The summed E-state index contributed by atoms with van der Waals surface area (Å²) in [6.45, 7) is 7.69. The van der Waals surface area contributed by atoms with Crippen molar-refractivity contribution in [3.05, 3.63) is 35.1 Å². The summed E-state index contributed by atoms with van der Waals surface area (Å²) in [6, 6.07) is 5.22. The minimum atomic E-state index is 0.538. The third-order valence-electron chi connectivity index (χ3n) is 4.05. The summed E-state index contributed by atoms with van der Waals surface area (Å²) in [5.74, 6) is 0.538. The number of fused-ring (bicyclic) bond motifs is 1. The lowest BCUT2D eigenvalue weighted by atomic mass is 9.94. The summed E-state index contributed by atoms with van der Waals surface area (Å²) in [5.41, 5.74) is 5.08. The molecule has 1 saturated carbocycles. The fourth-order valence-corrected chi connectivity index (χ4v) is 2.74. The van der Waals surface area contributed by atoms with Crippen LogP contribution in [-0.2, 0) is 6.42 Å². The van der Waals surface area contributed by atoms with Crippen LogP contribution < -0.4 is 5.32 Å². The number of hydrogen-bond acceptors (Lipinski definition) is 2. The Morgan fingerprint density at radius 3 is 2.79 bits per heavy atom. The Hall–Kier alpha value is -1.28. The zero-order valence-corrected chi connectivity index (χ0v) is 12.1. The SMILES string of the molecule is Cc1ccc(C(C)C)c2c(CCNC3CC3)coc12. The number of furan rings is 1. The molecule has 0 aliphatic heterocycles. The van der Waals surface area contributed by atoms with Gasteiger partial charge in [-0.3, -0.25) is 0 Å². The van der Waals surface area contributed by atoms with Crippen molar-refractivity contribution in [1.29, 1.82) is 0 Å². The summed E-state index contributed by atoms with van der Waals surface area (Å²) in [6.07, 6.45) is 5.72. The van der Waals surface area contributed by atoms with Crippen LogP contribution in [0, 0.1) is 6.92 Å². The van der Waals surface area contributed by atoms with Crippen LogP contribution in [0.15, 0.2) is 22.8 Å². The molecule has 0 radical (unpaired) electrons. The lowest BCUT2D eigenvalue weighted by Crippen LogP contribution is -2.19. The predicted octanol–water partition coefficient (Wildman–Crippen LogP) is 4.16. The molecule has 2 aromatic rings. The van der Waals surface area contributed by atoms with E-state index < -0.39 is 0 Å². The Kier molecular flexibility index (Phi) is 3.36. The molecule has 0 unspecified atom stereocenters. The average Bonchev–Trinajstić information content (AvgIpc) is 3.09. The summed E-state index contributed by atoms with van der Waals surface area (Å²) in [4.78, 5) is 0. The van der Waals surface area contributed by atoms with Gasteiger partial charge in [-0.15, -0.1) is 0 Å². The summed E-state index contributed by atoms with van der Waals surface area (Å²) < 4.78 is 5.82. The molecule has 3 rings (SSSR count). The van der Waals surface area contributed by atoms with Gasteiger partial charge in [0.15, 0.2) is 0 Å². The van der Waals surface area contributed by atoms with E-state index in [1.54, 1.807) is 0 Å². The largest absolute Gasteiger partial charge is 0.464 e. The van der Waals surface area contributed by atoms with Gasteiger partial charge in [-0.1, -0.05) is 26.0 Å². The van der Waals surface area contributed by atoms with Crippen molar-refractivity contribution < 1.29 is 4.42 Å². The molecule has 0 atom stereocenters. The van der Waals surface area contributed by atoms with Crippen molar-refractivity contribution >= 4 is 11.0 Å². The molecule has 1 heterocycles. The van der Waals surface area contributed by atoms with Crippen LogP contribution in [0.25, 0.3) is 11.0 Å². The van der Waals surface area contributed by atoms with E-state index in [9.17, 15) is 0 Å². The number of hydrogen-bond donors (Lipinski definition) is 1. The molecule has 19 heavy (non-hydrogen) atoms. The third kappa shape index (κ3) is 2.55. The van der Waals surface area contributed by atoms with Crippen LogP contribution in [0.5, 0.6) is 0 Å². The van der Waals surface area contributed by atoms with E-state index in [1.807, 2.05) is 6.26 Å². The Morgan fingerprint density at radius 1 is 1.32 bits per heavy atom. The van der Waals surface area contributed by atoms with Crippen LogP contribution in [0.3, 0.4) is 0 Å². The van der Waals surface area contributed by atoms with Gasteiger partial charge in [-0.25, -0.2) is 0 Å². The molecular weight excluding hydrogens is 234 g/mol. The molecule has 1 aromatic carbocycles. The molecule has 2 nitrogen and oxygen atoms in total. The molecule has 1 aliphatic rings. The van der Waals surface area contributed by atoms with E-state index in [2.05, 4.69) is 38.2 Å². The predicted molar refractivity (Wildman–Crippen MR) is 79.8 cm³/mol. The lowest BCUT2D eigenvalue weighted by molar-refractivity contribution is 0.603. The van der Waals surface area contributed by atoms with Crippen LogP contribution in [0.4, 0.5) is 0 Å². The maximum atomic E-state index is 5.82. The topological polar surface area (TPSA) is 25.2 Å². The van der Waals surface area contributed by atoms with Gasteiger partial charge in [0.2, 0.25) is 0 Å². The normalized spacial score (nSPS) is 15.6. The van der Waals surface area contributed by atoms with Crippen molar-refractivity contribution in [2.75, 3.05) is 6.54 Å². The number of aryl methyl sites for hydroxylation is 1. The molecule has 0 amide bonds. The van der Waals surface area contributed by atoms with E-state index >= 15 is 0 Å². The molecule has 1 N–H and O–H groups in total. The van der Waals surface area contributed by atoms with Crippen molar-refractivity contribution in [2.45, 2.75) is 52.0 Å². The maximum absolute atomic E-state index is 5.82. The van der Waals surface area contributed by atoms with Crippen LogP contribution in [0.2, 0.25) is 0 Å². The van der Waals surface area contributed by atoms with Crippen molar-refractivity contribution in [2.24, 2.45) is 0 Å². The zero-order valence-electron chi connectivity index (χ0n) is 12.1. The monoisotopic (exact) mass is 257 g/mol. The van der Waals surface area contributed by atoms with Gasteiger partial charge in [0.25, 0.3) is 0 Å². The highest BCUT2D eigenvalue weighted by molar-refractivity contribution is 5.87.